The first-order valence-corrected chi connectivity index (χ1v) is 16.4. The van der Waals surface area contributed by atoms with Crippen LogP contribution >= 0.6 is 11.3 Å². The molecule has 5 aromatic rings. The third-order valence-electron chi connectivity index (χ3n) is 8.26. The van der Waals surface area contributed by atoms with Crippen LogP contribution in [0.15, 0.2) is 72.9 Å². The van der Waals surface area contributed by atoms with E-state index in [1.807, 2.05) is 36.4 Å². The SMILES string of the molecule is Cc1cccc(F)c1NC(=O)c1cc2c(s1)-c1ccccc1N(C(=O)c1cccc(-c3cn(C(=O)OC(C)C)nc3C3CC3)n1)CC2. The third-order valence-corrected chi connectivity index (χ3v) is 9.47. The summed E-state index contributed by atoms with van der Waals surface area (Å²) in [6.45, 7) is 5.68. The predicted octanol–water partition coefficient (Wildman–Crippen LogP) is 7.85. The average molecular weight is 650 g/mol. The van der Waals surface area contributed by atoms with Crippen molar-refractivity contribution in [3.05, 3.63) is 106 Å². The molecule has 0 saturated heterocycles. The topological polar surface area (TPSA) is 106 Å². The lowest BCUT2D eigenvalue weighted by Crippen LogP contribution is -2.33. The summed E-state index contributed by atoms with van der Waals surface area (Å²) >= 11 is 1.32. The van der Waals surface area contributed by atoms with Gasteiger partial charge in [-0.15, -0.1) is 11.3 Å². The van der Waals surface area contributed by atoms with Crippen LogP contribution in [-0.4, -0.2) is 45.3 Å². The number of hydrogen-bond acceptors (Lipinski definition) is 7. The van der Waals surface area contributed by atoms with Crippen molar-refractivity contribution in [2.75, 3.05) is 16.8 Å². The van der Waals surface area contributed by atoms with Gasteiger partial charge in [0.1, 0.15) is 11.5 Å². The fourth-order valence-corrected chi connectivity index (χ4v) is 6.96. The molecule has 1 N–H and O–H groups in total. The van der Waals surface area contributed by atoms with Crippen molar-refractivity contribution in [3.63, 3.8) is 0 Å². The highest BCUT2D eigenvalue weighted by atomic mass is 32.1. The molecule has 2 amide bonds. The van der Waals surface area contributed by atoms with Gasteiger partial charge in [0.25, 0.3) is 11.8 Å². The third kappa shape index (κ3) is 5.94. The van der Waals surface area contributed by atoms with E-state index in [2.05, 4.69) is 10.4 Å². The maximum atomic E-state index is 14.4. The molecule has 0 unspecified atom stereocenters. The van der Waals surface area contributed by atoms with Gasteiger partial charge in [0, 0.05) is 34.7 Å². The zero-order valence-corrected chi connectivity index (χ0v) is 26.9. The summed E-state index contributed by atoms with van der Waals surface area (Å²) in [4.78, 5) is 47.9. The van der Waals surface area contributed by atoms with Gasteiger partial charge in [0.2, 0.25) is 0 Å². The van der Waals surface area contributed by atoms with Crippen molar-refractivity contribution in [1.29, 1.82) is 0 Å². The molecule has 3 aromatic heterocycles. The zero-order valence-electron chi connectivity index (χ0n) is 26.1. The molecule has 238 valence electrons. The molecule has 4 heterocycles. The number of thiophene rings is 1. The van der Waals surface area contributed by atoms with E-state index < -0.39 is 11.9 Å². The molecule has 1 aliphatic carbocycles. The van der Waals surface area contributed by atoms with Crippen LogP contribution in [0.3, 0.4) is 0 Å². The van der Waals surface area contributed by atoms with Gasteiger partial charge in [-0.05, 0) is 81.5 Å². The van der Waals surface area contributed by atoms with Crippen molar-refractivity contribution in [2.24, 2.45) is 0 Å². The summed E-state index contributed by atoms with van der Waals surface area (Å²) in [7, 11) is 0. The Balaban J connectivity index is 1.18. The van der Waals surface area contributed by atoms with Crippen molar-refractivity contribution >= 4 is 40.6 Å². The van der Waals surface area contributed by atoms with Crippen molar-refractivity contribution < 1.29 is 23.5 Å². The number of rotatable bonds is 6. The number of nitrogens with one attached hydrogen (secondary N) is 1. The van der Waals surface area contributed by atoms with E-state index in [0.717, 1.165) is 34.5 Å². The van der Waals surface area contributed by atoms with Gasteiger partial charge in [-0.3, -0.25) is 9.59 Å². The Morgan fingerprint density at radius 3 is 2.57 bits per heavy atom. The zero-order chi connectivity index (χ0) is 32.8. The number of pyridine rings is 1. The molecular formula is C36H32FN5O4S. The fourth-order valence-electron chi connectivity index (χ4n) is 5.82. The summed E-state index contributed by atoms with van der Waals surface area (Å²) in [5.74, 6) is -0.894. The number of anilines is 2. The number of ether oxygens (including phenoxy) is 1. The van der Waals surface area contributed by atoms with Gasteiger partial charge in [0.05, 0.1) is 33.7 Å². The van der Waals surface area contributed by atoms with E-state index in [9.17, 15) is 18.8 Å². The van der Waals surface area contributed by atoms with Gasteiger partial charge in [-0.2, -0.15) is 9.78 Å². The number of carbonyl (C=O) groups is 3. The Labute approximate surface area is 275 Å². The Hall–Kier alpha value is -5.16. The first-order valence-electron chi connectivity index (χ1n) is 15.6. The Kier molecular flexibility index (Phi) is 7.93. The Morgan fingerprint density at radius 2 is 1.81 bits per heavy atom. The average Bonchev–Trinajstić information content (AvgIpc) is 3.70. The number of nitrogens with zero attached hydrogens (tertiary/aromatic N) is 4. The summed E-state index contributed by atoms with van der Waals surface area (Å²) in [5, 5.41) is 7.27. The quantitative estimate of drug-likeness (QED) is 0.201. The molecule has 7 rings (SSSR count). The van der Waals surface area contributed by atoms with Crippen molar-refractivity contribution in [3.8, 4) is 21.7 Å². The molecule has 0 bridgehead atoms. The molecule has 0 spiro atoms. The lowest BCUT2D eigenvalue weighted by atomic mass is 10.1. The monoisotopic (exact) mass is 649 g/mol. The van der Waals surface area contributed by atoms with Gasteiger partial charge < -0.3 is 15.0 Å². The first kappa shape index (κ1) is 30.5. The molecule has 47 heavy (non-hydrogen) atoms. The Bertz CT molecular complexity index is 2030. The van der Waals surface area contributed by atoms with E-state index in [1.165, 1.54) is 22.1 Å². The van der Waals surface area contributed by atoms with Gasteiger partial charge >= 0.3 is 6.09 Å². The molecule has 0 radical (unpaired) electrons. The number of halogens is 1. The molecule has 1 saturated carbocycles. The maximum Gasteiger partial charge on any atom is 0.434 e. The highest BCUT2D eigenvalue weighted by Crippen LogP contribution is 2.44. The number of aromatic nitrogens is 3. The number of amides is 2. The van der Waals surface area contributed by atoms with Crippen molar-refractivity contribution in [1.82, 2.24) is 14.8 Å². The molecule has 2 aliphatic rings. The van der Waals surface area contributed by atoms with Crippen LogP contribution in [0, 0.1) is 12.7 Å². The number of hydrogen-bond donors (Lipinski definition) is 1. The number of aryl methyl sites for hydroxylation is 1. The van der Waals surface area contributed by atoms with Gasteiger partial charge in [0.15, 0.2) is 0 Å². The molecule has 2 aromatic carbocycles. The second kappa shape index (κ2) is 12.2. The number of carbonyl (C=O) groups excluding carboxylic acids is 3. The lowest BCUT2D eigenvalue weighted by Gasteiger charge is -2.23. The predicted molar refractivity (Wildman–Crippen MR) is 179 cm³/mol. The van der Waals surface area contributed by atoms with Crippen molar-refractivity contribution in [2.45, 2.75) is 52.1 Å². The normalized spacial score (nSPS) is 13.9. The summed E-state index contributed by atoms with van der Waals surface area (Å²) < 4.78 is 21.0. The van der Waals surface area contributed by atoms with Crippen LogP contribution in [0.4, 0.5) is 20.6 Å². The van der Waals surface area contributed by atoms with E-state index >= 15 is 0 Å². The van der Waals surface area contributed by atoms with Crippen LogP contribution in [0.5, 0.6) is 0 Å². The Morgan fingerprint density at radius 1 is 1.02 bits per heavy atom. The van der Waals surface area contributed by atoms with E-state index in [1.54, 1.807) is 56.1 Å². The minimum atomic E-state index is -0.558. The second-order valence-corrected chi connectivity index (χ2v) is 13.1. The minimum Gasteiger partial charge on any atom is -0.445 e. The van der Waals surface area contributed by atoms with Gasteiger partial charge in [-0.25, -0.2) is 14.2 Å². The summed E-state index contributed by atoms with van der Waals surface area (Å²) in [5.41, 5.74) is 5.59. The van der Waals surface area contributed by atoms with Crippen LogP contribution in [-0.2, 0) is 11.2 Å². The molecule has 1 aliphatic heterocycles. The van der Waals surface area contributed by atoms with Crippen LogP contribution in [0.1, 0.15) is 69.6 Å². The van der Waals surface area contributed by atoms with E-state index in [4.69, 9.17) is 9.72 Å². The number of fused-ring (bicyclic) bond motifs is 3. The molecular weight excluding hydrogens is 617 g/mol. The van der Waals surface area contributed by atoms with Gasteiger partial charge in [-0.1, -0.05) is 36.4 Å². The van der Waals surface area contributed by atoms with E-state index in [0.29, 0.717) is 40.4 Å². The molecule has 9 nitrogen and oxygen atoms in total. The standard InChI is InChI=1S/C36H32FN5O4S/c1-20(2)46-36(45)42-19-25(32(40-42)22-14-15-22)27-11-7-12-28(38-27)35(44)41-17-16-23-18-30(47-33(23)24-9-4-5-13-29(24)41)34(43)39-31-21(3)8-6-10-26(31)37/h4-13,18-20,22H,14-17H2,1-3H3,(H,39,43). The second-order valence-electron chi connectivity index (χ2n) is 12.1. The van der Waals surface area contributed by atoms with Crippen LogP contribution in [0.2, 0.25) is 0 Å². The molecule has 11 heteroatoms. The molecule has 0 atom stereocenters. The minimum absolute atomic E-state index is 0.167. The maximum absolute atomic E-state index is 14.4. The number of para-hydroxylation sites is 2. The molecule has 1 fully saturated rings. The van der Waals surface area contributed by atoms with Crippen LogP contribution in [0.25, 0.3) is 21.7 Å². The summed E-state index contributed by atoms with van der Waals surface area (Å²) in [6, 6.07) is 19.4. The highest BCUT2D eigenvalue weighted by Gasteiger charge is 2.32. The first-order chi connectivity index (χ1) is 22.7. The lowest BCUT2D eigenvalue weighted by molar-refractivity contribution is 0.0981. The fraction of sp³-hybridized carbons (Fsp3) is 0.250. The van der Waals surface area contributed by atoms with Crippen LogP contribution < -0.4 is 10.2 Å². The highest BCUT2D eigenvalue weighted by molar-refractivity contribution is 7.17. The summed E-state index contributed by atoms with van der Waals surface area (Å²) in [6.07, 6.45) is 3.25. The largest absolute Gasteiger partial charge is 0.445 e. The van der Waals surface area contributed by atoms with E-state index in [-0.39, 0.29) is 35.2 Å². The number of benzene rings is 2. The smallest absolute Gasteiger partial charge is 0.434 e.